The van der Waals surface area contributed by atoms with Crippen molar-refractivity contribution in [2.24, 2.45) is 4.99 Å². The number of benzene rings is 2. The summed E-state index contributed by atoms with van der Waals surface area (Å²) in [7, 11) is 5.79. The molecular formula is C19H22N2O3. The van der Waals surface area contributed by atoms with Gasteiger partial charge in [-0.25, -0.2) is 0 Å². The average Bonchev–Trinajstić information content (AvgIpc) is 3.05. The van der Waals surface area contributed by atoms with E-state index < -0.39 is 0 Å². The van der Waals surface area contributed by atoms with Crippen LogP contribution in [0.4, 0.5) is 5.69 Å². The number of aliphatic imine (C=N–C) groups is 1. The number of hydrogen-bond acceptors (Lipinski definition) is 5. The first-order chi connectivity index (χ1) is 11.7. The van der Waals surface area contributed by atoms with E-state index in [4.69, 9.17) is 14.2 Å². The van der Waals surface area contributed by atoms with E-state index in [0.717, 1.165) is 47.0 Å². The van der Waals surface area contributed by atoms with Crippen molar-refractivity contribution in [1.29, 1.82) is 0 Å². The number of methoxy groups -OCH3 is 1. The SMILES string of the molecule is COc1ccc(C=Nc2cc3c(cc2CCN(C)C)OCO3)cc1. The van der Waals surface area contributed by atoms with Crippen LogP contribution < -0.4 is 14.2 Å². The smallest absolute Gasteiger partial charge is 0.231 e. The van der Waals surface area contributed by atoms with Gasteiger partial charge in [-0.3, -0.25) is 4.99 Å². The standard InChI is InChI=1S/C19H22N2O3/c1-21(2)9-8-15-10-18-19(24-13-23-18)11-17(15)20-12-14-4-6-16(22-3)7-5-14/h4-7,10-12H,8-9,13H2,1-3H3. The monoisotopic (exact) mass is 326 g/mol. The van der Waals surface area contributed by atoms with Gasteiger partial charge < -0.3 is 19.1 Å². The maximum absolute atomic E-state index is 5.49. The third kappa shape index (κ3) is 3.86. The van der Waals surface area contributed by atoms with E-state index in [1.54, 1.807) is 7.11 Å². The van der Waals surface area contributed by atoms with Crippen LogP contribution in [-0.2, 0) is 6.42 Å². The summed E-state index contributed by atoms with van der Waals surface area (Å²) in [4.78, 5) is 6.82. The molecule has 0 saturated carbocycles. The maximum atomic E-state index is 5.49. The molecule has 0 radical (unpaired) electrons. The molecule has 0 fully saturated rings. The van der Waals surface area contributed by atoms with Crippen molar-refractivity contribution in [3.8, 4) is 17.2 Å². The van der Waals surface area contributed by atoms with Crippen molar-refractivity contribution in [2.75, 3.05) is 34.5 Å². The second-order valence-corrected chi connectivity index (χ2v) is 5.92. The lowest BCUT2D eigenvalue weighted by Gasteiger charge is -2.12. The third-order valence-corrected chi connectivity index (χ3v) is 3.87. The topological polar surface area (TPSA) is 43.3 Å². The molecule has 24 heavy (non-hydrogen) atoms. The molecule has 0 saturated heterocycles. The Morgan fingerprint density at radius 3 is 2.50 bits per heavy atom. The molecular weight excluding hydrogens is 304 g/mol. The molecule has 126 valence electrons. The lowest BCUT2D eigenvalue weighted by atomic mass is 10.1. The molecule has 0 amide bonds. The molecule has 0 bridgehead atoms. The fraction of sp³-hybridized carbons (Fsp3) is 0.316. The Balaban J connectivity index is 1.85. The van der Waals surface area contributed by atoms with Crippen LogP contribution in [0, 0.1) is 0 Å². The van der Waals surface area contributed by atoms with Gasteiger partial charge in [-0.05, 0) is 62.0 Å². The lowest BCUT2D eigenvalue weighted by molar-refractivity contribution is 0.174. The van der Waals surface area contributed by atoms with Crippen molar-refractivity contribution >= 4 is 11.9 Å². The zero-order chi connectivity index (χ0) is 16.9. The van der Waals surface area contributed by atoms with Gasteiger partial charge in [0.05, 0.1) is 12.8 Å². The highest BCUT2D eigenvalue weighted by Crippen LogP contribution is 2.38. The average molecular weight is 326 g/mol. The molecule has 1 heterocycles. The van der Waals surface area contributed by atoms with E-state index in [0.29, 0.717) is 0 Å². The Bertz CT molecular complexity index is 724. The molecule has 0 aromatic heterocycles. The molecule has 2 aromatic rings. The van der Waals surface area contributed by atoms with Crippen LogP contribution in [0.15, 0.2) is 41.4 Å². The minimum absolute atomic E-state index is 0.272. The fourth-order valence-electron chi connectivity index (χ4n) is 2.47. The van der Waals surface area contributed by atoms with Crippen molar-refractivity contribution < 1.29 is 14.2 Å². The first kappa shape index (κ1) is 16.3. The van der Waals surface area contributed by atoms with Crippen LogP contribution in [-0.4, -0.2) is 45.7 Å². The van der Waals surface area contributed by atoms with Gasteiger partial charge in [0, 0.05) is 18.8 Å². The Labute approximate surface area is 142 Å². The molecule has 5 nitrogen and oxygen atoms in total. The van der Waals surface area contributed by atoms with Crippen molar-refractivity contribution in [2.45, 2.75) is 6.42 Å². The number of fused-ring (bicyclic) bond motifs is 1. The maximum Gasteiger partial charge on any atom is 0.231 e. The number of likely N-dealkylation sites (N-methyl/N-ethyl adjacent to an activating group) is 1. The molecule has 0 N–H and O–H groups in total. The van der Waals surface area contributed by atoms with Gasteiger partial charge in [0.25, 0.3) is 0 Å². The molecule has 0 atom stereocenters. The zero-order valence-corrected chi connectivity index (χ0v) is 14.3. The molecule has 3 rings (SSSR count). The summed E-state index contributed by atoms with van der Waals surface area (Å²) in [6.07, 6.45) is 2.76. The minimum atomic E-state index is 0.272. The number of nitrogens with zero attached hydrogens (tertiary/aromatic N) is 2. The normalized spacial score (nSPS) is 13.0. The quantitative estimate of drug-likeness (QED) is 0.764. The van der Waals surface area contributed by atoms with Crippen molar-refractivity contribution in [3.05, 3.63) is 47.5 Å². The van der Waals surface area contributed by atoms with E-state index >= 15 is 0 Å². The largest absolute Gasteiger partial charge is 0.497 e. The highest BCUT2D eigenvalue weighted by atomic mass is 16.7. The summed E-state index contributed by atoms with van der Waals surface area (Å²) in [6.45, 7) is 1.22. The molecule has 5 heteroatoms. The van der Waals surface area contributed by atoms with E-state index in [-0.39, 0.29) is 6.79 Å². The number of ether oxygens (including phenoxy) is 3. The minimum Gasteiger partial charge on any atom is -0.497 e. The highest BCUT2D eigenvalue weighted by Gasteiger charge is 2.17. The van der Waals surface area contributed by atoms with E-state index in [9.17, 15) is 0 Å². The summed E-state index contributed by atoms with van der Waals surface area (Å²) >= 11 is 0. The van der Waals surface area contributed by atoms with E-state index in [2.05, 4.69) is 24.0 Å². The van der Waals surface area contributed by atoms with Crippen LogP contribution in [0.2, 0.25) is 0 Å². The Kier molecular flexibility index (Phi) is 5.01. The van der Waals surface area contributed by atoms with Crippen LogP contribution in [0.5, 0.6) is 17.2 Å². The van der Waals surface area contributed by atoms with Crippen LogP contribution in [0.3, 0.4) is 0 Å². The highest BCUT2D eigenvalue weighted by molar-refractivity contribution is 5.83. The first-order valence-corrected chi connectivity index (χ1v) is 7.91. The summed E-state index contributed by atoms with van der Waals surface area (Å²) in [5.74, 6) is 2.39. The number of hydrogen-bond donors (Lipinski definition) is 0. The summed E-state index contributed by atoms with van der Waals surface area (Å²) in [6, 6.07) is 11.8. The predicted molar refractivity (Wildman–Crippen MR) is 95.1 cm³/mol. The Morgan fingerprint density at radius 1 is 1.12 bits per heavy atom. The third-order valence-electron chi connectivity index (χ3n) is 3.87. The second-order valence-electron chi connectivity index (χ2n) is 5.92. The molecule has 0 unspecified atom stereocenters. The molecule has 2 aromatic carbocycles. The number of rotatable bonds is 6. The molecule has 1 aliphatic heterocycles. The predicted octanol–water partition coefficient (Wildman–Crippen LogP) is 3.28. The Morgan fingerprint density at radius 2 is 1.83 bits per heavy atom. The Hall–Kier alpha value is -2.53. The van der Waals surface area contributed by atoms with E-state index in [1.165, 1.54) is 0 Å². The van der Waals surface area contributed by atoms with Crippen LogP contribution in [0.1, 0.15) is 11.1 Å². The summed E-state index contributed by atoms with van der Waals surface area (Å²) in [5.41, 5.74) is 3.08. The summed E-state index contributed by atoms with van der Waals surface area (Å²) in [5, 5.41) is 0. The summed E-state index contributed by atoms with van der Waals surface area (Å²) < 4.78 is 16.1. The first-order valence-electron chi connectivity index (χ1n) is 7.91. The van der Waals surface area contributed by atoms with E-state index in [1.807, 2.05) is 42.6 Å². The van der Waals surface area contributed by atoms with Gasteiger partial charge in [-0.15, -0.1) is 0 Å². The van der Waals surface area contributed by atoms with Crippen LogP contribution in [0.25, 0.3) is 0 Å². The van der Waals surface area contributed by atoms with Gasteiger partial charge >= 0.3 is 0 Å². The molecule has 0 spiro atoms. The van der Waals surface area contributed by atoms with Crippen molar-refractivity contribution in [3.63, 3.8) is 0 Å². The van der Waals surface area contributed by atoms with Gasteiger partial charge in [0.2, 0.25) is 6.79 Å². The zero-order valence-electron chi connectivity index (χ0n) is 14.3. The fourth-order valence-corrected chi connectivity index (χ4v) is 2.47. The van der Waals surface area contributed by atoms with Crippen molar-refractivity contribution in [1.82, 2.24) is 4.90 Å². The van der Waals surface area contributed by atoms with Gasteiger partial charge in [0.15, 0.2) is 11.5 Å². The second kappa shape index (κ2) is 7.36. The molecule has 0 aliphatic carbocycles. The lowest BCUT2D eigenvalue weighted by Crippen LogP contribution is -2.15. The van der Waals surface area contributed by atoms with Gasteiger partial charge in [-0.1, -0.05) is 0 Å². The van der Waals surface area contributed by atoms with Gasteiger partial charge in [0.1, 0.15) is 5.75 Å². The molecule has 1 aliphatic rings. The van der Waals surface area contributed by atoms with Crippen LogP contribution >= 0.6 is 0 Å². The van der Waals surface area contributed by atoms with Gasteiger partial charge in [-0.2, -0.15) is 0 Å².